The Labute approximate surface area is 142 Å². The molecule has 0 aliphatic carbocycles. The molecule has 0 spiro atoms. The molecule has 24 heavy (non-hydrogen) atoms. The number of benzene rings is 2. The van der Waals surface area contributed by atoms with E-state index >= 15 is 0 Å². The van der Waals surface area contributed by atoms with Gasteiger partial charge in [-0.3, -0.25) is 0 Å². The molecule has 0 bridgehead atoms. The van der Waals surface area contributed by atoms with Gasteiger partial charge in [-0.25, -0.2) is 4.79 Å². The van der Waals surface area contributed by atoms with Crippen LogP contribution in [0.15, 0.2) is 54.6 Å². The van der Waals surface area contributed by atoms with Crippen LogP contribution >= 0.6 is 0 Å². The van der Waals surface area contributed by atoms with Gasteiger partial charge in [-0.1, -0.05) is 56.3 Å². The Bertz CT molecular complexity index is 677. The fraction of sp³-hybridized carbons (Fsp3) is 0.350. The average molecular weight is 328 g/mol. The van der Waals surface area contributed by atoms with Crippen molar-refractivity contribution in [3.8, 4) is 5.75 Å². The molecule has 0 fully saturated rings. The minimum Gasteiger partial charge on any atom is -0.497 e. The van der Waals surface area contributed by atoms with E-state index in [9.17, 15) is 15.0 Å². The minimum absolute atomic E-state index is 0.0442. The second-order valence-electron chi connectivity index (χ2n) is 6.79. The highest BCUT2D eigenvalue weighted by Crippen LogP contribution is 2.34. The van der Waals surface area contributed by atoms with Crippen molar-refractivity contribution < 1.29 is 19.7 Å². The Morgan fingerprint density at radius 2 is 1.62 bits per heavy atom. The first-order chi connectivity index (χ1) is 11.3. The van der Waals surface area contributed by atoms with Gasteiger partial charge in [0, 0.05) is 6.42 Å². The summed E-state index contributed by atoms with van der Waals surface area (Å²) in [7, 11) is 1.57. The third-order valence-corrected chi connectivity index (χ3v) is 4.34. The Morgan fingerprint density at radius 1 is 1.04 bits per heavy atom. The summed E-state index contributed by atoms with van der Waals surface area (Å²) in [5.41, 5.74) is -0.557. The maximum absolute atomic E-state index is 11.8. The molecule has 128 valence electrons. The summed E-state index contributed by atoms with van der Waals surface area (Å²) < 4.78 is 5.11. The molecule has 0 aromatic heterocycles. The van der Waals surface area contributed by atoms with Crippen LogP contribution in [0.4, 0.5) is 0 Å². The number of methoxy groups -OCH3 is 1. The van der Waals surface area contributed by atoms with Gasteiger partial charge in [0.15, 0.2) is 5.60 Å². The number of carboxylic acid groups (broad SMARTS) is 1. The lowest BCUT2D eigenvalue weighted by atomic mass is 9.73. The summed E-state index contributed by atoms with van der Waals surface area (Å²) in [5.74, 6) is -0.510. The molecule has 4 heteroatoms. The highest BCUT2D eigenvalue weighted by Gasteiger charge is 2.41. The zero-order valence-corrected chi connectivity index (χ0v) is 14.3. The van der Waals surface area contributed by atoms with E-state index < -0.39 is 17.0 Å². The minimum atomic E-state index is -1.84. The average Bonchev–Trinajstić information content (AvgIpc) is 2.55. The Balaban J connectivity index is 2.24. The van der Waals surface area contributed by atoms with Gasteiger partial charge >= 0.3 is 5.97 Å². The molecular weight excluding hydrogens is 304 g/mol. The summed E-state index contributed by atoms with van der Waals surface area (Å²) in [6.07, 6.45) is 0.161. The van der Waals surface area contributed by atoms with Gasteiger partial charge in [-0.2, -0.15) is 0 Å². The lowest BCUT2D eigenvalue weighted by Gasteiger charge is -2.34. The monoisotopic (exact) mass is 328 g/mol. The van der Waals surface area contributed by atoms with Crippen LogP contribution in [0.25, 0.3) is 0 Å². The second-order valence-corrected chi connectivity index (χ2v) is 6.79. The van der Waals surface area contributed by atoms with Crippen molar-refractivity contribution in [2.24, 2.45) is 0 Å². The van der Waals surface area contributed by atoms with Gasteiger partial charge in [0.1, 0.15) is 5.75 Å². The highest BCUT2D eigenvalue weighted by atomic mass is 16.5. The van der Waals surface area contributed by atoms with Crippen molar-refractivity contribution >= 4 is 5.97 Å². The first-order valence-corrected chi connectivity index (χ1v) is 7.91. The molecule has 2 N–H and O–H groups in total. The SMILES string of the molecule is COc1ccc(CC(O)(CC(C)(C)c2ccccc2)C(=O)O)cc1. The summed E-state index contributed by atoms with van der Waals surface area (Å²) in [4.78, 5) is 11.8. The molecule has 0 radical (unpaired) electrons. The van der Waals surface area contributed by atoms with E-state index in [1.54, 1.807) is 31.4 Å². The number of aliphatic hydroxyl groups is 1. The highest BCUT2D eigenvalue weighted by molar-refractivity contribution is 5.78. The van der Waals surface area contributed by atoms with Crippen molar-refractivity contribution in [1.29, 1.82) is 0 Å². The molecule has 0 amide bonds. The maximum atomic E-state index is 11.8. The van der Waals surface area contributed by atoms with Crippen molar-refractivity contribution in [3.63, 3.8) is 0 Å². The van der Waals surface area contributed by atoms with Crippen LogP contribution in [0.3, 0.4) is 0 Å². The van der Waals surface area contributed by atoms with Crippen LogP contribution in [-0.2, 0) is 16.6 Å². The lowest BCUT2D eigenvalue weighted by molar-refractivity contribution is -0.160. The van der Waals surface area contributed by atoms with E-state index in [4.69, 9.17) is 4.74 Å². The zero-order valence-electron chi connectivity index (χ0n) is 14.3. The van der Waals surface area contributed by atoms with Crippen LogP contribution < -0.4 is 4.74 Å². The third-order valence-electron chi connectivity index (χ3n) is 4.34. The van der Waals surface area contributed by atoms with E-state index in [-0.39, 0.29) is 12.8 Å². The van der Waals surface area contributed by atoms with E-state index in [0.717, 1.165) is 11.1 Å². The smallest absolute Gasteiger partial charge is 0.336 e. The summed E-state index contributed by atoms with van der Waals surface area (Å²) in [6.45, 7) is 3.90. The Morgan fingerprint density at radius 3 is 2.12 bits per heavy atom. The lowest BCUT2D eigenvalue weighted by Crippen LogP contribution is -2.45. The molecule has 0 heterocycles. The normalized spacial score (nSPS) is 14.0. The first kappa shape index (κ1) is 18.0. The topological polar surface area (TPSA) is 66.8 Å². The predicted molar refractivity (Wildman–Crippen MR) is 93.4 cm³/mol. The van der Waals surface area contributed by atoms with Gasteiger partial charge in [0.2, 0.25) is 0 Å². The standard InChI is InChI=1S/C20H24O4/c1-19(2,16-7-5-4-6-8-16)14-20(23,18(21)22)13-15-9-11-17(24-3)12-10-15/h4-12,23H,13-14H2,1-3H3,(H,21,22). The fourth-order valence-electron chi connectivity index (χ4n) is 3.02. The van der Waals surface area contributed by atoms with Crippen molar-refractivity contribution in [2.75, 3.05) is 7.11 Å². The maximum Gasteiger partial charge on any atom is 0.336 e. The number of rotatable bonds is 7. The second kappa shape index (κ2) is 7.05. The quantitative estimate of drug-likeness (QED) is 0.817. The van der Waals surface area contributed by atoms with Crippen LogP contribution in [0.1, 0.15) is 31.4 Å². The number of ether oxygens (including phenoxy) is 1. The van der Waals surface area contributed by atoms with Gasteiger partial charge in [-0.15, -0.1) is 0 Å². The number of hydrogen-bond donors (Lipinski definition) is 2. The molecular formula is C20H24O4. The molecule has 2 rings (SSSR count). The van der Waals surface area contributed by atoms with E-state index in [0.29, 0.717) is 5.75 Å². The fourth-order valence-corrected chi connectivity index (χ4v) is 3.02. The number of carbonyl (C=O) groups is 1. The van der Waals surface area contributed by atoms with E-state index in [2.05, 4.69) is 0 Å². The van der Waals surface area contributed by atoms with Gasteiger partial charge in [0.05, 0.1) is 7.11 Å². The Kier molecular flexibility index (Phi) is 5.30. The van der Waals surface area contributed by atoms with E-state index in [1.807, 2.05) is 44.2 Å². The van der Waals surface area contributed by atoms with Gasteiger partial charge in [0.25, 0.3) is 0 Å². The summed E-state index contributed by atoms with van der Waals surface area (Å²) in [6, 6.07) is 16.7. The predicted octanol–water partition coefficient (Wildman–Crippen LogP) is 3.42. The largest absolute Gasteiger partial charge is 0.497 e. The Hall–Kier alpha value is -2.33. The van der Waals surface area contributed by atoms with Crippen LogP contribution in [0, 0.1) is 0 Å². The molecule has 1 atom stereocenters. The van der Waals surface area contributed by atoms with Crippen LogP contribution in [0.2, 0.25) is 0 Å². The van der Waals surface area contributed by atoms with Gasteiger partial charge < -0.3 is 14.9 Å². The van der Waals surface area contributed by atoms with Crippen molar-refractivity contribution in [2.45, 2.75) is 37.7 Å². The number of hydrogen-bond acceptors (Lipinski definition) is 3. The molecule has 0 aliphatic rings. The molecule has 0 aliphatic heterocycles. The number of aliphatic carboxylic acids is 1. The molecule has 0 saturated carbocycles. The van der Waals surface area contributed by atoms with Crippen molar-refractivity contribution in [3.05, 3.63) is 65.7 Å². The molecule has 1 unspecified atom stereocenters. The molecule has 0 saturated heterocycles. The van der Waals surface area contributed by atoms with Crippen molar-refractivity contribution in [1.82, 2.24) is 0 Å². The van der Waals surface area contributed by atoms with E-state index in [1.165, 1.54) is 0 Å². The van der Waals surface area contributed by atoms with Crippen LogP contribution in [-0.4, -0.2) is 28.9 Å². The molecule has 4 nitrogen and oxygen atoms in total. The van der Waals surface area contributed by atoms with Crippen LogP contribution in [0.5, 0.6) is 5.75 Å². The first-order valence-electron chi connectivity index (χ1n) is 7.91. The van der Waals surface area contributed by atoms with Gasteiger partial charge in [-0.05, 0) is 35.1 Å². The zero-order chi connectivity index (χ0) is 17.8. The molecule has 2 aromatic carbocycles. The molecule has 2 aromatic rings. The summed E-state index contributed by atoms with van der Waals surface area (Å²) >= 11 is 0. The third kappa shape index (κ3) is 4.15. The number of carboxylic acids is 1. The summed E-state index contributed by atoms with van der Waals surface area (Å²) in [5, 5.41) is 20.5.